The van der Waals surface area contributed by atoms with Crippen LogP contribution in [0.1, 0.15) is 26.3 Å². The van der Waals surface area contributed by atoms with E-state index in [-0.39, 0.29) is 5.04 Å². The van der Waals surface area contributed by atoms with Gasteiger partial charge in [0.1, 0.15) is 0 Å². The Labute approximate surface area is 120 Å². The van der Waals surface area contributed by atoms with Crippen LogP contribution in [0.3, 0.4) is 0 Å². The van der Waals surface area contributed by atoms with Crippen molar-refractivity contribution in [1.82, 2.24) is 0 Å². The first-order chi connectivity index (χ1) is 8.19. The van der Waals surface area contributed by atoms with Crippen LogP contribution >= 0.6 is 15.9 Å². The summed E-state index contributed by atoms with van der Waals surface area (Å²) in [5, 5.41) is 0.218. The van der Waals surface area contributed by atoms with E-state index in [1.165, 1.54) is 0 Å². The number of nitrogens with zero attached hydrogens (tertiary/aromatic N) is 1. The third-order valence-electron chi connectivity index (χ3n) is 3.65. The molecule has 0 heterocycles. The summed E-state index contributed by atoms with van der Waals surface area (Å²) in [7, 11) is -1.73. The Morgan fingerprint density at radius 1 is 1.33 bits per heavy atom. The number of aliphatic imine (C=N–C) groups is 1. The normalized spacial score (nSPS) is 12.6. The highest BCUT2D eigenvalue weighted by Crippen LogP contribution is 2.38. The Kier molecular flexibility index (Phi) is 4.92. The summed E-state index contributed by atoms with van der Waals surface area (Å²) in [4.78, 5) is 4.05. The second kappa shape index (κ2) is 5.68. The number of rotatable bonds is 4. The minimum Gasteiger partial charge on any atom is -0.412 e. The van der Waals surface area contributed by atoms with Crippen LogP contribution in [0.15, 0.2) is 27.7 Å². The maximum Gasteiger partial charge on any atom is 0.192 e. The predicted octanol–water partition coefficient (Wildman–Crippen LogP) is 5.30. The van der Waals surface area contributed by atoms with Crippen molar-refractivity contribution in [3.63, 3.8) is 0 Å². The fourth-order valence-electron chi connectivity index (χ4n) is 1.31. The molecule has 0 bridgehead atoms. The fourth-order valence-corrected chi connectivity index (χ4v) is 2.72. The molecule has 0 spiro atoms. The molecular weight excluding hydrogens is 306 g/mol. The first-order valence-electron chi connectivity index (χ1n) is 6.07. The molecule has 0 aliphatic rings. The fraction of sp³-hybridized carbons (Fsp3) is 0.500. The molecule has 4 heteroatoms. The second-order valence-corrected chi connectivity index (χ2v) is 11.6. The molecule has 0 aromatic heterocycles. The SMILES string of the molecule is C=Nc1cccc(Br)c1CO[Si](C)(C)C(C)(C)C. The molecule has 2 nitrogen and oxygen atoms in total. The Morgan fingerprint density at radius 3 is 2.44 bits per heavy atom. The summed E-state index contributed by atoms with van der Waals surface area (Å²) >= 11 is 3.55. The van der Waals surface area contributed by atoms with Crippen LogP contribution in [0.25, 0.3) is 0 Å². The van der Waals surface area contributed by atoms with Crippen molar-refractivity contribution in [1.29, 1.82) is 0 Å². The topological polar surface area (TPSA) is 21.6 Å². The molecule has 0 amide bonds. The zero-order chi connectivity index (χ0) is 14.0. The standard InChI is InChI=1S/C14H22BrNOSi/c1-14(2,3)18(5,6)17-10-11-12(15)8-7-9-13(11)16-4/h7-9H,4,10H2,1-3,5-6H3. The van der Waals surface area contributed by atoms with Crippen LogP contribution in [0.2, 0.25) is 18.1 Å². The smallest absolute Gasteiger partial charge is 0.192 e. The van der Waals surface area contributed by atoms with Crippen LogP contribution in [0.5, 0.6) is 0 Å². The number of hydrogen-bond donors (Lipinski definition) is 0. The summed E-state index contributed by atoms with van der Waals surface area (Å²) in [5.74, 6) is 0. The molecule has 0 aliphatic heterocycles. The van der Waals surface area contributed by atoms with E-state index < -0.39 is 8.32 Å². The highest BCUT2D eigenvalue weighted by molar-refractivity contribution is 9.10. The van der Waals surface area contributed by atoms with E-state index in [0.717, 1.165) is 15.7 Å². The van der Waals surface area contributed by atoms with Gasteiger partial charge in [-0.25, -0.2) is 0 Å². The van der Waals surface area contributed by atoms with E-state index in [2.05, 4.69) is 61.5 Å². The summed E-state index contributed by atoms with van der Waals surface area (Å²) in [6.45, 7) is 15.4. The van der Waals surface area contributed by atoms with Crippen molar-refractivity contribution in [3.8, 4) is 0 Å². The summed E-state index contributed by atoms with van der Waals surface area (Å²) in [5.41, 5.74) is 1.97. The zero-order valence-electron chi connectivity index (χ0n) is 11.9. The van der Waals surface area contributed by atoms with Gasteiger partial charge in [-0.3, -0.25) is 4.99 Å². The van der Waals surface area contributed by atoms with Gasteiger partial charge in [0.15, 0.2) is 8.32 Å². The van der Waals surface area contributed by atoms with Crippen LogP contribution in [-0.2, 0) is 11.0 Å². The molecule has 0 radical (unpaired) electrons. The Morgan fingerprint density at radius 2 is 1.94 bits per heavy atom. The highest BCUT2D eigenvalue weighted by Gasteiger charge is 2.37. The van der Waals surface area contributed by atoms with Crippen molar-refractivity contribution in [3.05, 3.63) is 28.2 Å². The lowest BCUT2D eigenvalue weighted by atomic mass is 10.2. The maximum absolute atomic E-state index is 6.22. The monoisotopic (exact) mass is 327 g/mol. The number of halogens is 1. The molecule has 18 heavy (non-hydrogen) atoms. The van der Waals surface area contributed by atoms with E-state index in [0.29, 0.717) is 6.61 Å². The van der Waals surface area contributed by atoms with E-state index >= 15 is 0 Å². The van der Waals surface area contributed by atoms with Gasteiger partial charge < -0.3 is 4.43 Å². The van der Waals surface area contributed by atoms with Gasteiger partial charge in [0.2, 0.25) is 0 Å². The van der Waals surface area contributed by atoms with Gasteiger partial charge in [0.05, 0.1) is 12.3 Å². The average Bonchev–Trinajstić information content (AvgIpc) is 2.25. The average molecular weight is 328 g/mol. The molecule has 1 rings (SSSR count). The third-order valence-corrected chi connectivity index (χ3v) is 8.87. The molecule has 0 N–H and O–H groups in total. The Bertz CT molecular complexity index is 438. The first-order valence-corrected chi connectivity index (χ1v) is 9.77. The van der Waals surface area contributed by atoms with E-state index in [1.54, 1.807) is 0 Å². The van der Waals surface area contributed by atoms with Gasteiger partial charge in [-0.1, -0.05) is 42.8 Å². The molecule has 1 aromatic carbocycles. The molecular formula is C14H22BrNOSi. The Hall–Kier alpha value is -0.453. The minimum absolute atomic E-state index is 0.218. The second-order valence-electron chi connectivity index (χ2n) is 5.94. The summed E-state index contributed by atoms with van der Waals surface area (Å²) < 4.78 is 7.26. The van der Waals surface area contributed by atoms with Gasteiger partial charge >= 0.3 is 0 Å². The highest BCUT2D eigenvalue weighted by atomic mass is 79.9. The molecule has 0 saturated heterocycles. The lowest BCUT2D eigenvalue weighted by Gasteiger charge is -2.36. The largest absolute Gasteiger partial charge is 0.412 e. The molecule has 0 fully saturated rings. The summed E-state index contributed by atoms with van der Waals surface area (Å²) in [6, 6.07) is 5.94. The molecule has 0 saturated carbocycles. The van der Waals surface area contributed by atoms with E-state index in [4.69, 9.17) is 4.43 Å². The predicted molar refractivity (Wildman–Crippen MR) is 85.3 cm³/mol. The molecule has 0 aliphatic carbocycles. The van der Waals surface area contributed by atoms with Gasteiger partial charge in [-0.05, 0) is 37.0 Å². The van der Waals surface area contributed by atoms with Crippen molar-refractivity contribution in [2.45, 2.75) is 45.5 Å². The van der Waals surface area contributed by atoms with Crippen LogP contribution < -0.4 is 0 Å². The van der Waals surface area contributed by atoms with Crippen molar-refractivity contribution < 1.29 is 4.43 Å². The van der Waals surface area contributed by atoms with Crippen LogP contribution in [0, 0.1) is 0 Å². The number of hydrogen-bond acceptors (Lipinski definition) is 2. The van der Waals surface area contributed by atoms with Crippen molar-refractivity contribution in [2.75, 3.05) is 0 Å². The van der Waals surface area contributed by atoms with Crippen LogP contribution in [-0.4, -0.2) is 15.0 Å². The Balaban J connectivity index is 2.91. The zero-order valence-corrected chi connectivity index (χ0v) is 14.5. The molecule has 0 atom stereocenters. The van der Waals surface area contributed by atoms with Gasteiger partial charge in [-0.15, -0.1) is 0 Å². The maximum atomic E-state index is 6.22. The van der Waals surface area contributed by atoms with Gasteiger partial charge in [0, 0.05) is 10.0 Å². The van der Waals surface area contributed by atoms with Gasteiger partial charge in [-0.2, -0.15) is 0 Å². The van der Waals surface area contributed by atoms with Crippen molar-refractivity contribution in [2.24, 2.45) is 4.99 Å². The van der Waals surface area contributed by atoms with Crippen LogP contribution in [0.4, 0.5) is 5.69 Å². The van der Waals surface area contributed by atoms with E-state index in [9.17, 15) is 0 Å². The minimum atomic E-state index is -1.73. The van der Waals surface area contributed by atoms with Gasteiger partial charge in [0.25, 0.3) is 0 Å². The van der Waals surface area contributed by atoms with Crippen molar-refractivity contribution >= 4 is 36.7 Å². The number of benzene rings is 1. The lowest BCUT2D eigenvalue weighted by Crippen LogP contribution is -2.40. The molecule has 1 aromatic rings. The van der Waals surface area contributed by atoms with E-state index in [1.807, 2.05) is 18.2 Å². The summed E-state index contributed by atoms with van der Waals surface area (Å²) in [6.07, 6.45) is 0. The lowest BCUT2D eigenvalue weighted by molar-refractivity contribution is 0.276. The first kappa shape index (κ1) is 15.6. The molecule has 0 unspecified atom stereocenters. The third kappa shape index (κ3) is 3.53. The molecule has 100 valence electrons. The quantitative estimate of drug-likeness (QED) is 0.543.